The fourth-order valence-electron chi connectivity index (χ4n) is 4.38. The molecule has 1 aliphatic heterocycles. The molecule has 1 amide bonds. The molecule has 1 fully saturated rings. The van der Waals surface area contributed by atoms with Crippen molar-refractivity contribution < 1.29 is 13.9 Å². The second-order valence-corrected chi connectivity index (χ2v) is 9.54. The molecular formula is C26H25FN4O3S. The number of methoxy groups -OCH3 is 1. The number of fused-ring (bicyclic) bond motifs is 1. The Labute approximate surface area is 205 Å². The smallest absolute Gasteiger partial charge is 0.277 e. The number of hydrogen-bond acceptors (Lipinski definition) is 6. The van der Waals surface area contributed by atoms with Crippen LogP contribution < -0.4 is 20.5 Å². The second kappa shape index (κ2) is 9.50. The topological polar surface area (TPSA) is 76.5 Å². The van der Waals surface area contributed by atoms with Gasteiger partial charge >= 0.3 is 0 Å². The molecule has 0 aliphatic carbocycles. The van der Waals surface area contributed by atoms with E-state index in [0.29, 0.717) is 58.4 Å². The van der Waals surface area contributed by atoms with Gasteiger partial charge in [0.25, 0.3) is 5.56 Å². The van der Waals surface area contributed by atoms with Crippen molar-refractivity contribution in [2.45, 2.75) is 19.8 Å². The van der Waals surface area contributed by atoms with Gasteiger partial charge in [-0.05, 0) is 61.0 Å². The van der Waals surface area contributed by atoms with Gasteiger partial charge < -0.3 is 15.0 Å². The minimum Gasteiger partial charge on any atom is -0.497 e. The molecule has 0 spiro atoms. The van der Waals surface area contributed by atoms with Crippen LogP contribution in [0.5, 0.6) is 5.75 Å². The lowest BCUT2D eigenvalue weighted by Gasteiger charge is -2.34. The highest BCUT2D eigenvalue weighted by atomic mass is 32.1. The third kappa shape index (κ3) is 4.51. The highest BCUT2D eigenvalue weighted by Gasteiger charge is 2.29. The molecule has 2 aromatic heterocycles. The minimum atomic E-state index is -0.358. The summed E-state index contributed by atoms with van der Waals surface area (Å²) in [5, 5.41) is 4.69. The number of nitrogens with one attached hydrogen (secondary N) is 1. The number of benzene rings is 2. The number of amides is 1. The van der Waals surface area contributed by atoms with E-state index >= 15 is 0 Å². The summed E-state index contributed by atoms with van der Waals surface area (Å²) in [6.07, 6.45) is 1.46. The Kier molecular flexibility index (Phi) is 6.25. The maximum atomic E-state index is 13.9. The zero-order valence-electron chi connectivity index (χ0n) is 19.5. The zero-order valence-corrected chi connectivity index (χ0v) is 20.3. The fourth-order valence-corrected chi connectivity index (χ4v) is 5.14. The summed E-state index contributed by atoms with van der Waals surface area (Å²) in [6, 6.07) is 13.8. The van der Waals surface area contributed by atoms with Crippen molar-refractivity contribution in [1.29, 1.82) is 0 Å². The molecule has 0 saturated carbocycles. The molecular weight excluding hydrogens is 467 g/mol. The Hall–Kier alpha value is -3.72. The van der Waals surface area contributed by atoms with Crippen LogP contribution in [0, 0.1) is 18.7 Å². The van der Waals surface area contributed by atoms with Gasteiger partial charge in [-0.3, -0.25) is 9.59 Å². The number of anilines is 2. The van der Waals surface area contributed by atoms with Gasteiger partial charge in [0.2, 0.25) is 11.9 Å². The number of carbonyl (C=O) groups excluding carboxylic acids is 1. The van der Waals surface area contributed by atoms with Gasteiger partial charge in [-0.15, -0.1) is 11.3 Å². The predicted molar refractivity (Wildman–Crippen MR) is 136 cm³/mol. The van der Waals surface area contributed by atoms with E-state index in [4.69, 9.17) is 9.72 Å². The maximum Gasteiger partial charge on any atom is 0.277 e. The van der Waals surface area contributed by atoms with Gasteiger partial charge in [0.1, 0.15) is 16.3 Å². The van der Waals surface area contributed by atoms with Crippen molar-refractivity contribution in [3.63, 3.8) is 0 Å². The summed E-state index contributed by atoms with van der Waals surface area (Å²) in [6.45, 7) is 2.74. The van der Waals surface area contributed by atoms with Crippen molar-refractivity contribution in [1.82, 2.24) is 9.55 Å². The molecule has 2 aromatic carbocycles. The standard InChI is InChI=1S/C26H25FN4O3S/c1-16-8-9-18(13-21(16)27)28-24(32)17-5-4-11-30(15-17)26-29-22-10-12-35-23(22)25(33)31(26)19-6-3-7-20(14-19)34-2/h3,6-10,12-14,17H,4-5,11,15H2,1-2H3,(H,28,32). The normalized spacial score (nSPS) is 15.9. The number of ether oxygens (including phenoxy) is 1. The van der Waals surface area contributed by atoms with E-state index in [9.17, 15) is 14.0 Å². The van der Waals surface area contributed by atoms with Crippen molar-refractivity contribution in [2.75, 3.05) is 30.4 Å². The van der Waals surface area contributed by atoms with Crippen LogP contribution in [0.3, 0.4) is 0 Å². The Morgan fingerprint density at radius 2 is 2.09 bits per heavy atom. The van der Waals surface area contributed by atoms with Gasteiger partial charge in [-0.1, -0.05) is 12.1 Å². The van der Waals surface area contributed by atoms with Crippen LogP contribution in [0.2, 0.25) is 0 Å². The molecule has 3 heterocycles. The number of nitrogens with zero attached hydrogens (tertiary/aromatic N) is 3. The van der Waals surface area contributed by atoms with E-state index in [1.54, 1.807) is 36.8 Å². The molecule has 1 saturated heterocycles. The summed E-state index contributed by atoms with van der Waals surface area (Å²) in [5.74, 6) is 0.260. The molecule has 7 nitrogen and oxygen atoms in total. The molecule has 9 heteroatoms. The summed E-state index contributed by atoms with van der Waals surface area (Å²) < 4.78 is 21.5. The number of carbonyl (C=O) groups is 1. The Balaban J connectivity index is 1.49. The number of aryl methyl sites for hydroxylation is 1. The van der Waals surface area contributed by atoms with E-state index in [-0.39, 0.29) is 23.2 Å². The molecule has 180 valence electrons. The number of thiophene rings is 1. The summed E-state index contributed by atoms with van der Waals surface area (Å²) in [7, 11) is 1.58. The predicted octanol–water partition coefficient (Wildman–Crippen LogP) is 4.76. The maximum absolute atomic E-state index is 13.9. The van der Waals surface area contributed by atoms with Crippen LogP contribution in [0.15, 0.2) is 58.7 Å². The molecule has 5 rings (SSSR count). The highest BCUT2D eigenvalue weighted by molar-refractivity contribution is 7.17. The largest absolute Gasteiger partial charge is 0.497 e. The van der Waals surface area contributed by atoms with Crippen molar-refractivity contribution in [2.24, 2.45) is 5.92 Å². The van der Waals surface area contributed by atoms with Crippen molar-refractivity contribution >= 4 is 39.1 Å². The Morgan fingerprint density at radius 1 is 1.23 bits per heavy atom. The van der Waals surface area contributed by atoms with Crippen LogP contribution in [0.25, 0.3) is 15.9 Å². The van der Waals surface area contributed by atoms with Crippen LogP contribution in [-0.4, -0.2) is 35.7 Å². The minimum absolute atomic E-state index is 0.157. The molecule has 1 aliphatic rings. The highest BCUT2D eigenvalue weighted by Crippen LogP contribution is 2.28. The average Bonchev–Trinajstić information content (AvgIpc) is 3.35. The zero-order chi connectivity index (χ0) is 24.5. The quantitative estimate of drug-likeness (QED) is 0.435. The molecule has 1 unspecified atom stereocenters. The van der Waals surface area contributed by atoms with Gasteiger partial charge in [0, 0.05) is 24.8 Å². The molecule has 0 bridgehead atoms. The first-order valence-electron chi connectivity index (χ1n) is 11.4. The average molecular weight is 493 g/mol. The molecule has 0 radical (unpaired) electrons. The van der Waals surface area contributed by atoms with E-state index in [2.05, 4.69) is 5.32 Å². The van der Waals surface area contributed by atoms with E-state index < -0.39 is 0 Å². The molecule has 35 heavy (non-hydrogen) atoms. The lowest BCUT2D eigenvalue weighted by atomic mass is 9.97. The monoisotopic (exact) mass is 492 g/mol. The lowest BCUT2D eigenvalue weighted by Crippen LogP contribution is -2.43. The van der Waals surface area contributed by atoms with Gasteiger partial charge in [-0.25, -0.2) is 13.9 Å². The van der Waals surface area contributed by atoms with Crippen LogP contribution >= 0.6 is 11.3 Å². The second-order valence-electron chi connectivity index (χ2n) is 8.63. The third-order valence-corrected chi connectivity index (χ3v) is 7.18. The van der Waals surface area contributed by atoms with Crippen LogP contribution in [-0.2, 0) is 4.79 Å². The van der Waals surface area contributed by atoms with E-state index in [1.807, 2.05) is 34.5 Å². The summed E-state index contributed by atoms with van der Waals surface area (Å²) in [4.78, 5) is 33.4. The number of halogens is 1. The third-order valence-electron chi connectivity index (χ3n) is 6.29. The van der Waals surface area contributed by atoms with E-state index in [0.717, 1.165) is 6.42 Å². The van der Waals surface area contributed by atoms with Gasteiger partial charge in [-0.2, -0.15) is 0 Å². The van der Waals surface area contributed by atoms with Crippen molar-refractivity contribution in [3.05, 3.63) is 75.6 Å². The lowest BCUT2D eigenvalue weighted by molar-refractivity contribution is -0.120. The van der Waals surface area contributed by atoms with Crippen LogP contribution in [0.4, 0.5) is 16.0 Å². The van der Waals surface area contributed by atoms with Gasteiger partial charge in [0.15, 0.2) is 0 Å². The summed E-state index contributed by atoms with van der Waals surface area (Å²) >= 11 is 1.36. The first-order chi connectivity index (χ1) is 16.9. The Morgan fingerprint density at radius 3 is 2.89 bits per heavy atom. The number of piperidine rings is 1. The number of rotatable bonds is 5. The summed E-state index contributed by atoms with van der Waals surface area (Å²) in [5.41, 5.74) is 2.08. The SMILES string of the molecule is COc1cccc(-n2c(N3CCCC(C(=O)Nc4ccc(C)c(F)c4)C3)nc3ccsc3c2=O)c1. The molecule has 1 N–H and O–H groups in total. The first kappa shape index (κ1) is 23.0. The number of aromatic nitrogens is 2. The van der Waals surface area contributed by atoms with Gasteiger partial charge in [0.05, 0.1) is 24.2 Å². The van der Waals surface area contributed by atoms with Crippen molar-refractivity contribution in [3.8, 4) is 11.4 Å². The van der Waals surface area contributed by atoms with E-state index in [1.165, 1.54) is 17.4 Å². The Bertz CT molecular complexity index is 1460. The number of hydrogen-bond donors (Lipinski definition) is 1. The first-order valence-corrected chi connectivity index (χ1v) is 12.3. The fraction of sp³-hybridized carbons (Fsp3) is 0.269. The molecule has 1 atom stereocenters. The van der Waals surface area contributed by atoms with Crippen LogP contribution in [0.1, 0.15) is 18.4 Å². The molecule has 4 aromatic rings.